The number of aliphatic hydroxyl groups is 4. The van der Waals surface area contributed by atoms with Gasteiger partial charge >= 0.3 is 12.1 Å². The smallest absolute Gasteiger partial charge is 0.412 e. The number of ether oxygens (including phenoxy) is 6. The van der Waals surface area contributed by atoms with Crippen LogP contribution in [0, 0.1) is 6.92 Å². The first-order valence-electron chi connectivity index (χ1n) is 18.9. The number of ketones is 2. The number of amides is 2. The third-order valence-electron chi connectivity index (χ3n) is 11.6. The van der Waals surface area contributed by atoms with Crippen molar-refractivity contribution in [2.45, 2.75) is 81.2 Å². The van der Waals surface area contributed by atoms with Gasteiger partial charge in [-0.25, -0.2) is 4.79 Å². The summed E-state index contributed by atoms with van der Waals surface area (Å²) in [6.07, 6.45) is -16.0. The van der Waals surface area contributed by atoms with Crippen LogP contribution < -0.4 is 10.1 Å². The van der Waals surface area contributed by atoms with Crippen molar-refractivity contribution in [2.75, 3.05) is 27.4 Å². The van der Waals surface area contributed by atoms with E-state index in [0.29, 0.717) is 0 Å². The van der Waals surface area contributed by atoms with Gasteiger partial charge < -0.3 is 74.6 Å². The SMILES string of the molecule is COc1cc(O)c2c(c1)C(=O)c1c(cc3c(c1O)-c1c(cc(C)c(C(=O)N[C@H](C)C(=O)O)c1O)[C@H](OC1COC4C(O[C@@H]5OC[C@@H](O)[C@H](O)[C@H]5O)C1OC(=O)N4C)[C@H]3O)C2=O. The highest BCUT2D eigenvalue weighted by Crippen LogP contribution is 2.57. The third kappa shape index (κ3) is 6.52. The number of aryl methyl sites for hydroxylation is 1. The Hall–Kier alpha value is -5.91. The Morgan fingerprint density at radius 1 is 0.852 bits per heavy atom. The normalized spacial score (nSPS) is 29.4. The summed E-state index contributed by atoms with van der Waals surface area (Å²) in [5.74, 6) is -6.65. The highest BCUT2D eigenvalue weighted by atomic mass is 16.7. The summed E-state index contributed by atoms with van der Waals surface area (Å²) in [5, 5.41) is 89.8. The number of carbonyl (C=O) groups is 5. The number of aromatic hydroxyl groups is 3. The molecule has 2 bridgehead atoms. The van der Waals surface area contributed by atoms with Crippen molar-refractivity contribution in [2.24, 2.45) is 0 Å². The van der Waals surface area contributed by atoms with Crippen molar-refractivity contribution in [1.82, 2.24) is 10.2 Å². The lowest BCUT2D eigenvalue weighted by molar-refractivity contribution is -0.339. The molecular weight excluding hydrogens is 812 g/mol. The maximum absolute atomic E-state index is 14.1. The van der Waals surface area contributed by atoms with Crippen molar-refractivity contribution in [3.05, 3.63) is 68.8 Å². The van der Waals surface area contributed by atoms with Crippen molar-refractivity contribution in [1.29, 1.82) is 0 Å². The number of aliphatic carboxylic acids is 1. The minimum absolute atomic E-state index is 0.0122. The molecule has 61 heavy (non-hydrogen) atoms. The van der Waals surface area contributed by atoms with E-state index in [1.807, 2.05) is 0 Å². The van der Waals surface area contributed by atoms with Crippen molar-refractivity contribution < 1.29 is 93.2 Å². The van der Waals surface area contributed by atoms with Crippen LogP contribution in [0.25, 0.3) is 11.1 Å². The Kier molecular flexibility index (Phi) is 10.4. The molecule has 21 heteroatoms. The molecule has 21 nitrogen and oxygen atoms in total. The zero-order valence-corrected chi connectivity index (χ0v) is 32.6. The number of nitrogens with zero attached hydrogens (tertiary/aromatic N) is 1. The lowest BCUT2D eigenvalue weighted by Crippen LogP contribution is -2.68. The number of methoxy groups -OCH3 is 1. The maximum Gasteiger partial charge on any atom is 0.412 e. The predicted molar refractivity (Wildman–Crippen MR) is 199 cm³/mol. The topological polar surface area (TPSA) is 318 Å². The van der Waals surface area contributed by atoms with E-state index >= 15 is 0 Å². The Morgan fingerprint density at radius 3 is 2.21 bits per heavy atom. The number of aliphatic hydroxyl groups excluding tert-OH is 4. The standard InChI is InChI=1S/C40H40N2O19/c1-11-5-17-24(30(49)21(11)36(52)41-12(2)38(53)54)23-15(8-16-25(31(23)50)27(46)14-6-13(56-4)7-18(43)22(14)26(16)45)28(47)33(17)59-20-10-57-37-35(34(20)61-40(55)42(37)3)60-39-32(51)29(48)19(44)9-58-39/h5-8,12,19-20,28-29,32-35,37,39,43-44,47-51H,9-10H2,1-4H3,(H,41,52)(H,53,54)/t12-,19-,20?,28+,29+,32-,33+,34?,35?,37?,39+/m1/s1. The Labute approximate surface area is 344 Å². The number of fused-ring (bicyclic) bond motifs is 7. The lowest BCUT2D eigenvalue weighted by atomic mass is 9.74. The molecule has 4 unspecified atom stereocenters. The highest BCUT2D eigenvalue weighted by molar-refractivity contribution is 6.31. The minimum Gasteiger partial charge on any atom is -0.507 e. The van der Waals surface area contributed by atoms with Crippen molar-refractivity contribution in [3.63, 3.8) is 0 Å². The zero-order chi connectivity index (χ0) is 44.1. The van der Waals surface area contributed by atoms with Gasteiger partial charge in [0, 0.05) is 35.4 Å². The molecular formula is C40H40N2O19. The van der Waals surface area contributed by atoms with Gasteiger partial charge in [-0.3, -0.25) is 24.1 Å². The second-order valence-corrected chi connectivity index (χ2v) is 15.3. The summed E-state index contributed by atoms with van der Waals surface area (Å²) in [6.45, 7) is 1.81. The summed E-state index contributed by atoms with van der Waals surface area (Å²) < 4.78 is 34.8. The number of carbonyl (C=O) groups excluding carboxylic acids is 4. The van der Waals surface area contributed by atoms with Gasteiger partial charge in [-0.1, -0.05) is 6.07 Å². The quantitative estimate of drug-likeness (QED) is 0.111. The number of phenolic OH excluding ortho intramolecular Hbond substituents is 3. The molecule has 324 valence electrons. The summed E-state index contributed by atoms with van der Waals surface area (Å²) in [5.41, 5.74) is -3.33. The molecule has 11 atom stereocenters. The van der Waals surface area contributed by atoms with Gasteiger partial charge in [0.15, 0.2) is 30.2 Å². The Balaban J connectivity index is 1.26. The summed E-state index contributed by atoms with van der Waals surface area (Å²) >= 11 is 0. The van der Waals surface area contributed by atoms with Crippen LogP contribution >= 0.6 is 0 Å². The van der Waals surface area contributed by atoms with E-state index in [1.54, 1.807) is 0 Å². The lowest BCUT2D eigenvalue weighted by Gasteiger charge is -2.50. The molecule has 0 spiro atoms. The van der Waals surface area contributed by atoms with E-state index in [2.05, 4.69) is 5.32 Å². The monoisotopic (exact) mass is 852 g/mol. The van der Waals surface area contributed by atoms with Crippen LogP contribution in [0.4, 0.5) is 4.79 Å². The average Bonchev–Trinajstić information content (AvgIpc) is 3.21. The molecule has 0 aromatic heterocycles. The number of carboxylic acid groups (broad SMARTS) is 1. The summed E-state index contributed by atoms with van der Waals surface area (Å²) in [6, 6.07) is 3.25. The van der Waals surface area contributed by atoms with Gasteiger partial charge in [0.1, 0.15) is 71.8 Å². The number of nitrogens with one attached hydrogen (secondary N) is 1. The summed E-state index contributed by atoms with van der Waals surface area (Å²) in [4.78, 5) is 67.5. The Bertz CT molecular complexity index is 2400. The van der Waals surface area contributed by atoms with Crippen LogP contribution in [0.5, 0.6) is 23.0 Å². The number of carboxylic acids is 1. The fourth-order valence-corrected chi connectivity index (χ4v) is 8.45. The first kappa shape index (κ1) is 41.8. The molecule has 3 aromatic rings. The zero-order valence-electron chi connectivity index (χ0n) is 32.6. The first-order valence-corrected chi connectivity index (χ1v) is 18.9. The third-order valence-corrected chi connectivity index (χ3v) is 11.6. The van der Waals surface area contributed by atoms with Crippen LogP contribution in [0.1, 0.15) is 78.0 Å². The molecule has 3 heterocycles. The fourth-order valence-electron chi connectivity index (χ4n) is 8.45. The number of hydrogen-bond acceptors (Lipinski definition) is 18. The van der Waals surface area contributed by atoms with Gasteiger partial charge in [0.25, 0.3) is 5.91 Å². The Morgan fingerprint density at radius 2 is 1.52 bits per heavy atom. The molecule has 0 saturated carbocycles. The van der Waals surface area contributed by atoms with Crippen LogP contribution in [0.2, 0.25) is 0 Å². The second kappa shape index (κ2) is 15.2. The van der Waals surface area contributed by atoms with Crippen LogP contribution in [0.3, 0.4) is 0 Å². The van der Waals surface area contributed by atoms with Crippen LogP contribution in [-0.4, -0.2) is 158 Å². The number of likely N-dealkylation sites (N-methyl/N-ethyl adjacent to an activating group) is 1. The van der Waals surface area contributed by atoms with Gasteiger partial charge in [0.2, 0.25) is 0 Å². The molecule has 0 radical (unpaired) electrons. The minimum atomic E-state index is -1.88. The predicted octanol–water partition coefficient (Wildman–Crippen LogP) is -0.130. The molecule has 3 fully saturated rings. The number of hydrogen-bond donors (Lipinski definition) is 9. The van der Waals surface area contributed by atoms with E-state index in [1.165, 1.54) is 40.1 Å². The molecule has 3 aliphatic heterocycles. The number of benzene rings is 3. The van der Waals surface area contributed by atoms with Crippen molar-refractivity contribution >= 4 is 29.5 Å². The van der Waals surface area contributed by atoms with E-state index in [4.69, 9.17) is 28.4 Å². The molecule has 2 aliphatic carbocycles. The van der Waals surface area contributed by atoms with E-state index in [9.17, 15) is 64.8 Å². The largest absolute Gasteiger partial charge is 0.507 e. The molecule has 3 saturated heterocycles. The van der Waals surface area contributed by atoms with Gasteiger partial charge in [-0.05, 0) is 42.7 Å². The van der Waals surface area contributed by atoms with Gasteiger partial charge in [-0.2, -0.15) is 0 Å². The van der Waals surface area contributed by atoms with Gasteiger partial charge in [-0.15, -0.1) is 0 Å². The second-order valence-electron chi connectivity index (χ2n) is 15.3. The molecule has 2 amide bonds. The van der Waals surface area contributed by atoms with E-state index < -0.39 is 149 Å². The molecule has 9 N–H and O–H groups in total. The van der Waals surface area contributed by atoms with E-state index in [-0.39, 0.29) is 40.2 Å². The maximum atomic E-state index is 14.1. The average molecular weight is 853 g/mol. The molecule has 8 rings (SSSR count). The first-order chi connectivity index (χ1) is 28.9. The highest BCUT2D eigenvalue weighted by Gasteiger charge is 2.55. The number of phenols is 3. The van der Waals surface area contributed by atoms with E-state index in [0.717, 1.165) is 17.0 Å². The number of rotatable bonds is 8. The summed E-state index contributed by atoms with van der Waals surface area (Å²) in [7, 11) is 2.61. The molecule has 3 aromatic carbocycles. The van der Waals surface area contributed by atoms with Crippen molar-refractivity contribution in [3.8, 4) is 34.1 Å². The van der Waals surface area contributed by atoms with Crippen LogP contribution in [0.15, 0.2) is 24.3 Å². The molecule has 5 aliphatic rings. The van der Waals surface area contributed by atoms with Crippen LogP contribution in [-0.2, 0) is 28.5 Å². The van der Waals surface area contributed by atoms with Gasteiger partial charge in [0.05, 0.1) is 37.0 Å². The fraction of sp³-hybridized carbons (Fsp3) is 0.425.